The number of hydrogen-bond donors (Lipinski definition) is 1. The first-order valence-electron chi connectivity index (χ1n) is 7.84. The summed E-state index contributed by atoms with van der Waals surface area (Å²) in [6.07, 6.45) is 0. The molecule has 5 nitrogen and oxygen atoms in total. The largest absolute Gasteiger partial charge is 0.496 e. The Kier molecular flexibility index (Phi) is 6.42. The second-order valence-electron chi connectivity index (χ2n) is 5.69. The Morgan fingerprint density at radius 1 is 1.20 bits per heavy atom. The van der Waals surface area contributed by atoms with Crippen molar-refractivity contribution in [2.24, 2.45) is 0 Å². The zero-order chi connectivity index (χ0) is 18.4. The van der Waals surface area contributed by atoms with E-state index in [1.54, 1.807) is 19.2 Å². The van der Waals surface area contributed by atoms with Crippen LogP contribution < -0.4 is 10.1 Å². The lowest BCUT2D eigenvalue weighted by Gasteiger charge is -2.22. The maximum Gasteiger partial charge on any atom is 0.244 e. The number of nitrogens with zero attached hydrogens (tertiary/aromatic N) is 1. The Labute approximate surface area is 152 Å². The molecular weight excluding hydrogens is 340 g/mol. The number of nitrogens with one attached hydrogen (secondary N) is 1. The number of anilines is 1. The molecule has 0 heterocycles. The zero-order valence-corrected chi connectivity index (χ0v) is 15.3. The van der Waals surface area contributed by atoms with Crippen molar-refractivity contribution in [1.29, 1.82) is 0 Å². The number of hydrogen-bond acceptors (Lipinski definition) is 3. The Morgan fingerprint density at radius 2 is 1.92 bits per heavy atom. The highest BCUT2D eigenvalue weighted by Gasteiger charge is 2.16. The topological polar surface area (TPSA) is 58.6 Å². The summed E-state index contributed by atoms with van der Waals surface area (Å²) in [5, 5.41) is 3.34. The van der Waals surface area contributed by atoms with E-state index in [0.29, 0.717) is 23.0 Å². The Bertz CT molecular complexity index is 777. The van der Waals surface area contributed by atoms with Gasteiger partial charge in [-0.05, 0) is 30.7 Å². The summed E-state index contributed by atoms with van der Waals surface area (Å²) in [4.78, 5) is 25.8. The van der Waals surface area contributed by atoms with Crippen molar-refractivity contribution in [1.82, 2.24) is 4.90 Å². The Hall–Kier alpha value is -2.53. The molecule has 0 spiro atoms. The molecule has 0 saturated heterocycles. The highest BCUT2D eigenvalue weighted by molar-refractivity contribution is 6.31. The van der Waals surface area contributed by atoms with Crippen LogP contribution in [-0.2, 0) is 16.1 Å². The average molecular weight is 361 g/mol. The van der Waals surface area contributed by atoms with Gasteiger partial charge in [0.1, 0.15) is 12.3 Å². The molecule has 1 N–H and O–H groups in total. The van der Waals surface area contributed by atoms with E-state index in [1.165, 1.54) is 11.8 Å². The molecule has 2 aromatic rings. The first-order valence-corrected chi connectivity index (χ1v) is 8.22. The van der Waals surface area contributed by atoms with E-state index < -0.39 is 0 Å². The summed E-state index contributed by atoms with van der Waals surface area (Å²) in [6, 6.07) is 12.7. The standard InChI is InChI=1S/C19H21ClN2O3/c1-13-8-9-16(20)10-17(13)21-19(24)12-22(14(2)23)11-15-6-4-5-7-18(15)25-3/h4-10H,11-12H2,1-3H3,(H,21,24). The first-order chi connectivity index (χ1) is 11.9. The van der Waals surface area contributed by atoms with Crippen LogP contribution in [0.5, 0.6) is 5.75 Å². The molecule has 0 aliphatic carbocycles. The molecule has 2 aromatic carbocycles. The van der Waals surface area contributed by atoms with Gasteiger partial charge in [0.15, 0.2) is 0 Å². The lowest BCUT2D eigenvalue weighted by molar-refractivity contribution is -0.133. The van der Waals surface area contributed by atoms with Crippen LogP contribution >= 0.6 is 11.6 Å². The van der Waals surface area contributed by atoms with Crippen molar-refractivity contribution in [3.05, 3.63) is 58.6 Å². The maximum atomic E-state index is 12.4. The van der Waals surface area contributed by atoms with Gasteiger partial charge in [0.2, 0.25) is 11.8 Å². The fourth-order valence-corrected chi connectivity index (χ4v) is 2.58. The van der Waals surface area contributed by atoms with Crippen LogP contribution in [0.2, 0.25) is 5.02 Å². The number of aryl methyl sites for hydroxylation is 1. The van der Waals surface area contributed by atoms with Gasteiger partial charge in [-0.2, -0.15) is 0 Å². The predicted octanol–water partition coefficient (Wildman–Crippen LogP) is 3.64. The summed E-state index contributed by atoms with van der Waals surface area (Å²) in [5.74, 6) is 0.208. The van der Waals surface area contributed by atoms with Gasteiger partial charge >= 0.3 is 0 Å². The second kappa shape index (κ2) is 8.53. The molecule has 0 unspecified atom stereocenters. The van der Waals surface area contributed by atoms with Gasteiger partial charge < -0.3 is 15.0 Å². The number of amides is 2. The highest BCUT2D eigenvalue weighted by Crippen LogP contribution is 2.21. The number of rotatable bonds is 6. The van der Waals surface area contributed by atoms with Crippen LogP contribution in [0.25, 0.3) is 0 Å². The van der Waals surface area contributed by atoms with E-state index in [4.69, 9.17) is 16.3 Å². The molecule has 0 fully saturated rings. The van der Waals surface area contributed by atoms with E-state index >= 15 is 0 Å². The Morgan fingerprint density at radius 3 is 2.60 bits per heavy atom. The van der Waals surface area contributed by atoms with E-state index in [-0.39, 0.29) is 18.4 Å². The number of para-hydroxylation sites is 1. The average Bonchev–Trinajstić information content (AvgIpc) is 2.58. The van der Waals surface area contributed by atoms with E-state index in [1.807, 2.05) is 37.3 Å². The lowest BCUT2D eigenvalue weighted by Crippen LogP contribution is -2.36. The van der Waals surface area contributed by atoms with Crippen molar-refractivity contribution in [3.8, 4) is 5.75 Å². The lowest BCUT2D eigenvalue weighted by atomic mass is 10.2. The third-order valence-electron chi connectivity index (χ3n) is 3.81. The maximum absolute atomic E-state index is 12.4. The SMILES string of the molecule is COc1ccccc1CN(CC(=O)Nc1cc(Cl)ccc1C)C(C)=O. The van der Waals surface area contributed by atoms with Crippen LogP contribution in [0.15, 0.2) is 42.5 Å². The normalized spacial score (nSPS) is 10.2. The van der Waals surface area contributed by atoms with Gasteiger partial charge in [-0.25, -0.2) is 0 Å². The minimum Gasteiger partial charge on any atom is -0.496 e. The third kappa shape index (κ3) is 5.22. The minimum atomic E-state index is -0.282. The van der Waals surface area contributed by atoms with Gasteiger partial charge in [0.05, 0.1) is 7.11 Å². The molecule has 0 saturated carbocycles. The van der Waals surface area contributed by atoms with Gasteiger partial charge in [-0.1, -0.05) is 35.9 Å². The van der Waals surface area contributed by atoms with E-state index in [9.17, 15) is 9.59 Å². The van der Waals surface area contributed by atoms with Gasteiger partial charge in [0, 0.05) is 29.7 Å². The number of carbonyl (C=O) groups is 2. The van der Waals surface area contributed by atoms with Gasteiger partial charge in [-0.3, -0.25) is 9.59 Å². The van der Waals surface area contributed by atoms with Crippen LogP contribution in [-0.4, -0.2) is 30.4 Å². The minimum absolute atomic E-state index is 0.0562. The zero-order valence-electron chi connectivity index (χ0n) is 14.5. The number of methoxy groups -OCH3 is 1. The van der Waals surface area contributed by atoms with Crippen molar-refractivity contribution in [2.45, 2.75) is 20.4 Å². The molecule has 0 aromatic heterocycles. The number of carbonyl (C=O) groups excluding carboxylic acids is 2. The molecular formula is C19H21ClN2O3. The van der Waals surface area contributed by atoms with Crippen molar-refractivity contribution < 1.29 is 14.3 Å². The van der Waals surface area contributed by atoms with E-state index in [0.717, 1.165) is 11.1 Å². The fourth-order valence-electron chi connectivity index (χ4n) is 2.41. The molecule has 25 heavy (non-hydrogen) atoms. The van der Waals surface area contributed by atoms with Gasteiger partial charge in [-0.15, -0.1) is 0 Å². The fraction of sp³-hybridized carbons (Fsp3) is 0.263. The van der Waals surface area contributed by atoms with Crippen molar-refractivity contribution in [3.63, 3.8) is 0 Å². The van der Waals surface area contributed by atoms with Crippen molar-refractivity contribution in [2.75, 3.05) is 19.0 Å². The van der Waals surface area contributed by atoms with Crippen LogP contribution in [0, 0.1) is 6.92 Å². The summed E-state index contributed by atoms with van der Waals surface area (Å²) in [7, 11) is 1.57. The smallest absolute Gasteiger partial charge is 0.244 e. The molecule has 6 heteroatoms. The molecule has 2 rings (SSSR count). The van der Waals surface area contributed by atoms with Crippen LogP contribution in [0.4, 0.5) is 5.69 Å². The van der Waals surface area contributed by atoms with Gasteiger partial charge in [0.25, 0.3) is 0 Å². The predicted molar refractivity (Wildman–Crippen MR) is 98.9 cm³/mol. The second-order valence-corrected chi connectivity index (χ2v) is 6.13. The first kappa shape index (κ1) is 18.8. The highest BCUT2D eigenvalue weighted by atomic mass is 35.5. The molecule has 0 aliphatic rings. The summed E-state index contributed by atoms with van der Waals surface area (Å²) in [6.45, 7) is 3.55. The molecule has 0 aliphatic heterocycles. The number of ether oxygens (including phenoxy) is 1. The Balaban J connectivity index is 2.09. The third-order valence-corrected chi connectivity index (χ3v) is 4.04. The summed E-state index contributed by atoms with van der Waals surface area (Å²) in [5.41, 5.74) is 2.38. The molecule has 132 valence electrons. The number of benzene rings is 2. The quantitative estimate of drug-likeness (QED) is 0.855. The number of halogens is 1. The monoisotopic (exact) mass is 360 g/mol. The summed E-state index contributed by atoms with van der Waals surface area (Å²) >= 11 is 5.97. The molecule has 2 amide bonds. The molecule has 0 radical (unpaired) electrons. The van der Waals surface area contributed by atoms with Crippen molar-refractivity contribution >= 4 is 29.1 Å². The van der Waals surface area contributed by atoms with E-state index in [2.05, 4.69) is 5.32 Å². The molecule has 0 bridgehead atoms. The van der Waals surface area contributed by atoms with Crippen LogP contribution in [0.1, 0.15) is 18.1 Å². The molecule has 0 atom stereocenters. The van der Waals surface area contributed by atoms with Crippen LogP contribution in [0.3, 0.4) is 0 Å². The summed E-state index contributed by atoms with van der Waals surface area (Å²) < 4.78 is 5.30.